The predicted molar refractivity (Wildman–Crippen MR) is 115 cm³/mol. The highest BCUT2D eigenvalue weighted by Gasteiger charge is 2.18. The molecule has 1 aromatic carbocycles. The average molecular weight is 432 g/mol. The number of anilines is 1. The first-order valence-electron chi connectivity index (χ1n) is 9.66. The third kappa shape index (κ3) is 5.32. The number of hydrogen-bond donors (Lipinski definition) is 2. The van der Waals surface area contributed by atoms with E-state index in [1.54, 1.807) is 18.9 Å². The Bertz CT molecular complexity index is 1020. The minimum Gasteiger partial charge on any atom is -0.481 e. The van der Waals surface area contributed by atoms with Crippen molar-refractivity contribution < 1.29 is 19.4 Å². The van der Waals surface area contributed by atoms with Crippen molar-refractivity contribution >= 4 is 34.7 Å². The van der Waals surface area contributed by atoms with Gasteiger partial charge < -0.3 is 20.3 Å². The molecule has 0 saturated carbocycles. The molecule has 0 aliphatic rings. The summed E-state index contributed by atoms with van der Waals surface area (Å²) in [6.45, 7) is 3.17. The van der Waals surface area contributed by atoms with E-state index in [0.717, 1.165) is 23.3 Å². The Morgan fingerprint density at radius 2 is 2.13 bits per heavy atom. The molecule has 0 amide bonds. The van der Waals surface area contributed by atoms with Crippen LogP contribution in [0.15, 0.2) is 29.2 Å². The second-order valence-corrected chi connectivity index (χ2v) is 7.75. The molecule has 3 N–H and O–H groups in total. The summed E-state index contributed by atoms with van der Waals surface area (Å²) < 4.78 is 12.9. The Hall–Kier alpha value is -3.01. The lowest BCUT2D eigenvalue weighted by Crippen LogP contribution is -2.07. The van der Waals surface area contributed by atoms with Gasteiger partial charge >= 0.3 is 12.0 Å². The minimum absolute atomic E-state index is 0.00534. The number of hydrogen-bond acceptors (Lipinski definition) is 8. The second-order valence-electron chi connectivity index (χ2n) is 6.58. The van der Waals surface area contributed by atoms with Gasteiger partial charge in [-0.1, -0.05) is 25.5 Å². The molecular weight excluding hydrogens is 406 g/mol. The number of benzene rings is 1. The molecule has 160 valence electrons. The highest BCUT2D eigenvalue weighted by atomic mass is 32.2. The lowest BCUT2D eigenvalue weighted by Gasteiger charge is -2.09. The summed E-state index contributed by atoms with van der Waals surface area (Å²) in [7, 11) is 1.54. The molecule has 0 bridgehead atoms. The SMILES string of the molecule is CCCCOc1nc(N)c2nc(OC)n(CCSc3cccc(CC(=O)O)c3)c2n1. The summed E-state index contributed by atoms with van der Waals surface area (Å²) in [6.07, 6.45) is 1.92. The maximum absolute atomic E-state index is 10.9. The van der Waals surface area contributed by atoms with Gasteiger partial charge in [0, 0.05) is 17.2 Å². The van der Waals surface area contributed by atoms with Crippen molar-refractivity contribution in [3.63, 3.8) is 0 Å². The summed E-state index contributed by atoms with van der Waals surface area (Å²) in [5.74, 6) is 0.104. The third-order valence-corrected chi connectivity index (χ3v) is 5.29. The molecule has 0 aliphatic carbocycles. The van der Waals surface area contributed by atoms with Crippen molar-refractivity contribution in [2.75, 3.05) is 25.2 Å². The lowest BCUT2D eigenvalue weighted by molar-refractivity contribution is -0.136. The first kappa shape index (κ1) is 21.7. The van der Waals surface area contributed by atoms with Crippen LogP contribution in [0, 0.1) is 0 Å². The van der Waals surface area contributed by atoms with E-state index in [4.69, 9.17) is 20.3 Å². The first-order chi connectivity index (χ1) is 14.5. The van der Waals surface area contributed by atoms with Gasteiger partial charge in [0.15, 0.2) is 17.0 Å². The molecular formula is C20H25N5O4S. The number of carboxylic acids is 1. The molecule has 2 heterocycles. The fraction of sp³-hybridized carbons (Fsp3) is 0.400. The highest BCUT2D eigenvalue weighted by Crippen LogP contribution is 2.27. The Labute approximate surface area is 178 Å². The smallest absolute Gasteiger partial charge is 0.320 e. The van der Waals surface area contributed by atoms with Crippen molar-refractivity contribution in [1.82, 2.24) is 19.5 Å². The van der Waals surface area contributed by atoms with Gasteiger partial charge in [0.05, 0.1) is 20.1 Å². The number of nitrogens with zero attached hydrogens (tertiary/aromatic N) is 4. The minimum atomic E-state index is -0.846. The zero-order valence-corrected chi connectivity index (χ0v) is 17.8. The lowest BCUT2D eigenvalue weighted by atomic mass is 10.2. The van der Waals surface area contributed by atoms with Crippen LogP contribution in [0.25, 0.3) is 11.2 Å². The van der Waals surface area contributed by atoms with Crippen molar-refractivity contribution in [3.8, 4) is 12.0 Å². The number of nitrogen functional groups attached to an aromatic ring is 1. The topological polar surface area (TPSA) is 125 Å². The van der Waals surface area contributed by atoms with E-state index in [9.17, 15) is 4.79 Å². The monoisotopic (exact) mass is 431 g/mol. The van der Waals surface area contributed by atoms with Crippen LogP contribution in [0.1, 0.15) is 25.3 Å². The first-order valence-corrected chi connectivity index (χ1v) is 10.6. The van der Waals surface area contributed by atoms with Crippen LogP contribution in [0.2, 0.25) is 0 Å². The van der Waals surface area contributed by atoms with Crippen LogP contribution in [0.4, 0.5) is 5.82 Å². The molecule has 0 fully saturated rings. The van der Waals surface area contributed by atoms with Gasteiger partial charge in [-0.15, -0.1) is 11.8 Å². The fourth-order valence-corrected chi connectivity index (χ4v) is 3.80. The number of aromatic nitrogens is 4. The van der Waals surface area contributed by atoms with Crippen molar-refractivity contribution in [2.45, 2.75) is 37.6 Å². The third-order valence-electron chi connectivity index (χ3n) is 4.32. The van der Waals surface area contributed by atoms with Gasteiger partial charge in [0.25, 0.3) is 6.01 Å². The summed E-state index contributed by atoms with van der Waals surface area (Å²) in [6, 6.07) is 8.15. The van der Waals surface area contributed by atoms with Crippen molar-refractivity contribution in [2.24, 2.45) is 0 Å². The Kier molecular flexibility index (Phi) is 7.34. The summed E-state index contributed by atoms with van der Waals surface area (Å²) in [5.41, 5.74) is 7.87. The number of carboxylic acid groups (broad SMARTS) is 1. The zero-order valence-electron chi connectivity index (χ0n) is 17.0. The van der Waals surface area contributed by atoms with Crippen LogP contribution in [0.5, 0.6) is 12.0 Å². The second kappa shape index (κ2) is 10.1. The highest BCUT2D eigenvalue weighted by molar-refractivity contribution is 7.99. The molecule has 10 heteroatoms. The molecule has 2 aromatic heterocycles. The number of imidazole rings is 1. The van der Waals surface area contributed by atoms with Crippen molar-refractivity contribution in [1.29, 1.82) is 0 Å². The van der Waals surface area contributed by atoms with Crippen molar-refractivity contribution in [3.05, 3.63) is 29.8 Å². The largest absolute Gasteiger partial charge is 0.481 e. The van der Waals surface area contributed by atoms with Gasteiger partial charge in [-0.05, 0) is 24.1 Å². The Morgan fingerprint density at radius 1 is 1.30 bits per heavy atom. The number of aliphatic carboxylic acids is 1. The molecule has 0 aliphatic heterocycles. The molecule has 0 saturated heterocycles. The van der Waals surface area contributed by atoms with Gasteiger partial charge in [-0.2, -0.15) is 15.0 Å². The number of unbranched alkanes of at least 4 members (excludes halogenated alkanes) is 1. The molecule has 0 atom stereocenters. The summed E-state index contributed by atoms with van der Waals surface area (Å²) in [5, 5.41) is 8.97. The van der Waals surface area contributed by atoms with Crippen LogP contribution in [-0.2, 0) is 17.8 Å². The molecule has 0 radical (unpaired) electrons. The van der Waals surface area contributed by atoms with Gasteiger partial charge in [0.1, 0.15) is 0 Å². The van der Waals surface area contributed by atoms with Crippen LogP contribution in [0.3, 0.4) is 0 Å². The standard InChI is InChI=1S/C20H25N5O4S/c1-3-4-9-29-19-23-17(21)16-18(24-19)25(20(22-16)28-2)8-10-30-14-7-5-6-13(11-14)12-15(26)27/h5-7,11H,3-4,8-10,12H2,1-2H3,(H,26,27)(H2,21,23,24). The Balaban J connectivity index is 1.76. The van der Waals surface area contributed by atoms with Gasteiger partial charge in [0.2, 0.25) is 0 Å². The van der Waals surface area contributed by atoms with Gasteiger partial charge in [-0.3, -0.25) is 9.36 Å². The molecule has 0 unspecified atom stereocenters. The van der Waals surface area contributed by atoms with Crippen LogP contribution in [-0.4, -0.2) is 50.1 Å². The maximum atomic E-state index is 10.9. The van der Waals surface area contributed by atoms with Crippen LogP contribution >= 0.6 is 11.8 Å². The Morgan fingerprint density at radius 3 is 2.87 bits per heavy atom. The van der Waals surface area contributed by atoms with E-state index in [1.807, 2.05) is 28.8 Å². The quantitative estimate of drug-likeness (QED) is 0.348. The number of fused-ring (bicyclic) bond motifs is 1. The molecule has 9 nitrogen and oxygen atoms in total. The molecule has 30 heavy (non-hydrogen) atoms. The van der Waals surface area contributed by atoms with Gasteiger partial charge in [-0.25, -0.2) is 0 Å². The number of thioether (sulfide) groups is 1. The van der Waals surface area contributed by atoms with E-state index in [-0.39, 0.29) is 18.2 Å². The molecule has 3 rings (SSSR count). The fourth-order valence-electron chi connectivity index (χ4n) is 2.89. The summed E-state index contributed by atoms with van der Waals surface area (Å²) in [4.78, 5) is 25.0. The predicted octanol–water partition coefficient (Wildman–Crippen LogP) is 3.02. The van der Waals surface area contributed by atoms with E-state index < -0.39 is 5.97 Å². The average Bonchev–Trinajstić information content (AvgIpc) is 3.06. The van der Waals surface area contributed by atoms with E-state index in [0.29, 0.717) is 36.1 Å². The number of methoxy groups -OCH3 is 1. The maximum Gasteiger partial charge on any atom is 0.320 e. The molecule has 0 spiro atoms. The number of nitrogens with two attached hydrogens (primary N) is 1. The molecule has 3 aromatic rings. The zero-order chi connectivity index (χ0) is 21.5. The van der Waals surface area contributed by atoms with Crippen LogP contribution < -0.4 is 15.2 Å². The van der Waals surface area contributed by atoms with E-state index in [2.05, 4.69) is 21.9 Å². The van der Waals surface area contributed by atoms with E-state index in [1.165, 1.54) is 0 Å². The number of carbonyl (C=O) groups is 1. The number of ether oxygens (including phenoxy) is 2. The number of aryl methyl sites for hydroxylation is 1. The number of rotatable bonds is 11. The summed E-state index contributed by atoms with van der Waals surface area (Å²) >= 11 is 1.61. The van der Waals surface area contributed by atoms with E-state index >= 15 is 0 Å². The normalized spacial score (nSPS) is 11.0.